The van der Waals surface area contributed by atoms with Crippen molar-refractivity contribution in [3.8, 4) is 0 Å². The smallest absolute Gasteiger partial charge is 0.0939 e. The molecule has 1 rings (SSSR count). The number of aliphatic hydroxyl groups is 1. The Kier molecular flexibility index (Phi) is 6.89. The van der Waals surface area contributed by atoms with Crippen molar-refractivity contribution in [3.63, 3.8) is 0 Å². The summed E-state index contributed by atoms with van der Waals surface area (Å²) in [6.45, 7) is 7.42. The lowest BCUT2D eigenvalue weighted by Crippen LogP contribution is -2.46. The first-order chi connectivity index (χ1) is 9.00. The maximum Gasteiger partial charge on any atom is 0.0939 e. The van der Waals surface area contributed by atoms with E-state index in [-0.39, 0.29) is 12.1 Å². The van der Waals surface area contributed by atoms with E-state index in [4.69, 9.17) is 0 Å². The quantitative estimate of drug-likeness (QED) is 0.540. The molecule has 5 heteroatoms. The van der Waals surface area contributed by atoms with Crippen molar-refractivity contribution in [2.45, 2.75) is 50.6 Å². The highest BCUT2D eigenvalue weighted by Crippen LogP contribution is 2.21. The lowest BCUT2D eigenvalue weighted by atomic mass is 9.97. The van der Waals surface area contributed by atoms with Crippen LogP contribution in [0.2, 0.25) is 0 Å². The first-order valence-electron chi connectivity index (χ1n) is 7.00. The fraction of sp³-hybridized carbons (Fsp3) is 0.786. The number of nitrogens with one attached hydrogen (secondary N) is 1. The number of aryl methyl sites for hydroxylation is 2. The number of thioether (sulfide) groups is 1. The minimum Gasteiger partial charge on any atom is -0.394 e. The largest absolute Gasteiger partial charge is 0.394 e. The lowest BCUT2D eigenvalue weighted by molar-refractivity contribution is 0.165. The summed E-state index contributed by atoms with van der Waals surface area (Å²) in [7, 11) is 1.98. The van der Waals surface area contributed by atoms with Gasteiger partial charge in [0, 0.05) is 12.6 Å². The highest BCUT2D eigenvalue weighted by molar-refractivity contribution is 7.99. The molecule has 0 aliphatic carbocycles. The molecular formula is C14H27N3OS. The van der Waals surface area contributed by atoms with Gasteiger partial charge in [-0.25, -0.2) is 0 Å². The first-order valence-corrected chi connectivity index (χ1v) is 7.98. The molecule has 1 heterocycles. The van der Waals surface area contributed by atoms with Crippen LogP contribution in [0.1, 0.15) is 38.8 Å². The van der Waals surface area contributed by atoms with Crippen LogP contribution in [0.15, 0.2) is 11.1 Å². The van der Waals surface area contributed by atoms with Gasteiger partial charge in [-0.05, 0) is 51.5 Å². The van der Waals surface area contributed by atoms with E-state index in [1.54, 1.807) is 0 Å². The molecule has 0 aromatic carbocycles. The Bertz CT molecular complexity index is 381. The molecule has 1 atom stereocenters. The van der Waals surface area contributed by atoms with Crippen LogP contribution in [-0.4, -0.2) is 39.3 Å². The highest BCUT2D eigenvalue weighted by Gasteiger charge is 2.21. The molecule has 0 radical (unpaired) electrons. The van der Waals surface area contributed by atoms with E-state index in [2.05, 4.69) is 30.3 Å². The molecule has 0 aliphatic heterocycles. The molecule has 110 valence electrons. The predicted octanol–water partition coefficient (Wildman–Crippen LogP) is 2.35. The fourth-order valence-corrected chi connectivity index (χ4v) is 2.99. The molecule has 0 fully saturated rings. The Balaban J connectivity index is 2.31. The summed E-state index contributed by atoms with van der Waals surface area (Å²) in [5.74, 6) is 1.06. The van der Waals surface area contributed by atoms with Crippen molar-refractivity contribution in [1.29, 1.82) is 0 Å². The van der Waals surface area contributed by atoms with Crippen molar-refractivity contribution >= 4 is 11.8 Å². The second-order valence-corrected chi connectivity index (χ2v) is 6.46. The topological polar surface area (TPSA) is 50.1 Å². The Hall–Kier alpha value is -0.520. The summed E-state index contributed by atoms with van der Waals surface area (Å²) >= 11 is 1.83. The minimum atomic E-state index is -0.140. The van der Waals surface area contributed by atoms with Crippen LogP contribution in [0.5, 0.6) is 0 Å². The third-order valence-corrected chi connectivity index (χ3v) is 4.40. The van der Waals surface area contributed by atoms with Gasteiger partial charge in [0.1, 0.15) is 0 Å². The zero-order valence-corrected chi connectivity index (χ0v) is 13.4. The molecule has 0 saturated heterocycles. The van der Waals surface area contributed by atoms with Crippen molar-refractivity contribution in [1.82, 2.24) is 15.1 Å². The van der Waals surface area contributed by atoms with Gasteiger partial charge >= 0.3 is 0 Å². The Morgan fingerprint density at radius 3 is 2.79 bits per heavy atom. The van der Waals surface area contributed by atoms with E-state index in [1.165, 1.54) is 5.03 Å². The normalized spacial score (nSPS) is 14.6. The molecule has 0 amide bonds. The predicted molar refractivity (Wildman–Crippen MR) is 81.7 cm³/mol. The molecule has 1 aromatic heterocycles. The third kappa shape index (κ3) is 5.55. The minimum absolute atomic E-state index is 0.140. The molecule has 4 nitrogen and oxygen atoms in total. The van der Waals surface area contributed by atoms with E-state index in [9.17, 15) is 5.11 Å². The molecule has 0 spiro atoms. The SMILES string of the molecule is CCCNC(C)(CO)CCCSc1cc(C)nn1C. The highest BCUT2D eigenvalue weighted by atomic mass is 32.2. The summed E-state index contributed by atoms with van der Waals surface area (Å²) in [5, 5.41) is 18.5. The summed E-state index contributed by atoms with van der Waals surface area (Å²) in [4.78, 5) is 0. The van der Waals surface area contributed by atoms with Crippen LogP contribution in [0.25, 0.3) is 0 Å². The van der Waals surface area contributed by atoms with Gasteiger partial charge in [0.15, 0.2) is 0 Å². The van der Waals surface area contributed by atoms with Crippen LogP contribution in [0, 0.1) is 6.92 Å². The molecule has 0 bridgehead atoms. The lowest BCUT2D eigenvalue weighted by Gasteiger charge is -2.28. The van der Waals surface area contributed by atoms with Crippen LogP contribution in [0.3, 0.4) is 0 Å². The van der Waals surface area contributed by atoms with E-state index >= 15 is 0 Å². The zero-order valence-electron chi connectivity index (χ0n) is 12.6. The Labute approximate surface area is 121 Å². The Morgan fingerprint density at radius 2 is 2.26 bits per heavy atom. The summed E-state index contributed by atoms with van der Waals surface area (Å²) < 4.78 is 1.93. The average Bonchev–Trinajstić information content (AvgIpc) is 2.71. The van der Waals surface area contributed by atoms with Gasteiger partial charge in [-0.1, -0.05) is 6.92 Å². The number of rotatable bonds is 9. The second kappa shape index (κ2) is 7.92. The van der Waals surface area contributed by atoms with E-state index in [0.717, 1.165) is 37.3 Å². The molecule has 19 heavy (non-hydrogen) atoms. The van der Waals surface area contributed by atoms with Crippen LogP contribution in [0.4, 0.5) is 0 Å². The number of aliphatic hydroxyl groups excluding tert-OH is 1. The van der Waals surface area contributed by atoms with Gasteiger partial charge in [0.05, 0.1) is 17.3 Å². The molecule has 0 aliphatic rings. The van der Waals surface area contributed by atoms with Crippen molar-refractivity contribution < 1.29 is 5.11 Å². The molecular weight excluding hydrogens is 258 g/mol. The van der Waals surface area contributed by atoms with Crippen LogP contribution >= 0.6 is 11.8 Å². The molecule has 0 saturated carbocycles. The number of aromatic nitrogens is 2. The number of hydrogen-bond acceptors (Lipinski definition) is 4. The van der Waals surface area contributed by atoms with Gasteiger partial charge in [-0.3, -0.25) is 4.68 Å². The third-order valence-electron chi connectivity index (χ3n) is 3.23. The maximum absolute atomic E-state index is 9.49. The van der Waals surface area contributed by atoms with Gasteiger partial charge in [0.2, 0.25) is 0 Å². The van der Waals surface area contributed by atoms with Gasteiger partial charge in [-0.2, -0.15) is 5.10 Å². The second-order valence-electron chi connectivity index (χ2n) is 5.35. The van der Waals surface area contributed by atoms with Crippen molar-refractivity contribution in [3.05, 3.63) is 11.8 Å². The molecule has 1 aromatic rings. The monoisotopic (exact) mass is 285 g/mol. The molecule has 1 unspecified atom stereocenters. The zero-order chi connectivity index (χ0) is 14.3. The van der Waals surface area contributed by atoms with Crippen LogP contribution in [-0.2, 0) is 7.05 Å². The first kappa shape index (κ1) is 16.5. The molecule has 2 N–H and O–H groups in total. The van der Waals surface area contributed by atoms with Gasteiger partial charge in [0.25, 0.3) is 0 Å². The van der Waals surface area contributed by atoms with Crippen molar-refractivity contribution in [2.75, 3.05) is 18.9 Å². The van der Waals surface area contributed by atoms with E-state index in [1.807, 2.05) is 30.4 Å². The van der Waals surface area contributed by atoms with Crippen LogP contribution < -0.4 is 5.32 Å². The Morgan fingerprint density at radius 1 is 1.53 bits per heavy atom. The maximum atomic E-state index is 9.49. The summed E-state index contributed by atoms with van der Waals surface area (Å²) in [5.41, 5.74) is 0.925. The van der Waals surface area contributed by atoms with Gasteiger partial charge in [-0.15, -0.1) is 11.8 Å². The van der Waals surface area contributed by atoms with E-state index in [0.29, 0.717) is 0 Å². The average molecular weight is 285 g/mol. The van der Waals surface area contributed by atoms with E-state index < -0.39 is 0 Å². The summed E-state index contributed by atoms with van der Waals surface area (Å²) in [6, 6.07) is 2.12. The van der Waals surface area contributed by atoms with Gasteiger partial charge < -0.3 is 10.4 Å². The number of nitrogens with zero attached hydrogens (tertiary/aromatic N) is 2. The van der Waals surface area contributed by atoms with Crippen molar-refractivity contribution in [2.24, 2.45) is 7.05 Å². The number of hydrogen-bond donors (Lipinski definition) is 2. The summed E-state index contributed by atoms with van der Waals surface area (Å²) in [6.07, 6.45) is 3.18. The standard InChI is InChI=1S/C14H27N3OS/c1-5-8-15-14(3,11-18)7-6-9-19-13-10-12(2)16-17(13)4/h10,15,18H,5-9,11H2,1-4H3. The fourth-order valence-electron chi connectivity index (χ4n) is 2.01.